The summed E-state index contributed by atoms with van der Waals surface area (Å²) in [6.07, 6.45) is 4.02. The van der Waals surface area contributed by atoms with Crippen LogP contribution in [0.25, 0.3) is 0 Å². The summed E-state index contributed by atoms with van der Waals surface area (Å²) in [5.41, 5.74) is 1.35. The second-order valence-electron chi connectivity index (χ2n) is 7.99. The molecule has 0 bridgehead atoms. The van der Waals surface area contributed by atoms with Crippen molar-refractivity contribution >= 4 is 17.9 Å². The predicted molar refractivity (Wildman–Crippen MR) is 114 cm³/mol. The molecule has 1 atom stereocenters. The maximum Gasteiger partial charge on any atom is 0.321 e. The third-order valence-corrected chi connectivity index (χ3v) is 5.75. The number of benzene rings is 2. The number of ether oxygens (including phenoxy) is 2. The summed E-state index contributed by atoms with van der Waals surface area (Å²) in [6.45, 7) is 1.46. The number of nitrogens with one attached hydrogen (secondary N) is 2. The van der Waals surface area contributed by atoms with Gasteiger partial charge < -0.3 is 14.8 Å². The lowest BCUT2D eigenvalue weighted by Gasteiger charge is -2.27. The first kappa shape index (κ1) is 20.9. The number of esters is 1. The van der Waals surface area contributed by atoms with E-state index in [2.05, 4.69) is 10.6 Å². The molecule has 2 N–H and O–H groups in total. The van der Waals surface area contributed by atoms with E-state index in [1.807, 2.05) is 24.3 Å². The molecule has 1 aliphatic carbocycles. The second-order valence-corrected chi connectivity index (χ2v) is 7.99. The normalized spacial score (nSPS) is 16.8. The monoisotopic (exact) mass is 422 g/mol. The van der Waals surface area contributed by atoms with Gasteiger partial charge in [0.05, 0.1) is 0 Å². The minimum Gasteiger partial charge on any atom is -0.457 e. The predicted octanol–water partition coefficient (Wildman–Crippen LogP) is 4.01. The van der Waals surface area contributed by atoms with E-state index in [9.17, 15) is 14.4 Å². The van der Waals surface area contributed by atoms with E-state index < -0.39 is 29.9 Å². The van der Waals surface area contributed by atoms with Crippen LogP contribution >= 0.6 is 0 Å². The molecule has 4 rings (SSSR count). The lowest BCUT2D eigenvalue weighted by Crippen LogP contribution is -2.48. The molecule has 1 fully saturated rings. The highest BCUT2D eigenvalue weighted by Gasteiger charge is 2.35. The maximum atomic E-state index is 13.1. The number of para-hydroxylation sites is 2. The third-order valence-electron chi connectivity index (χ3n) is 5.75. The Balaban J connectivity index is 1.42. The number of carbonyl (C=O) groups excluding carboxylic acids is 3. The number of hydrogen-bond donors (Lipinski definition) is 2. The lowest BCUT2D eigenvalue weighted by atomic mass is 9.88. The Bertz CT molecular complexity index is 938. The first-order valence-electron chi connectivity index (χ1n) is 10.7. The molecular formula is C24H26N2O5. The standard InChI is InChI=1S/C24H26N2O5/c1-15(22(27)26-24(29)25-16-9-3-2-4-10-16)30-23(28)21-17-11-5-7-13-19(17)31-20-14-8-6-12-18(20)21/h5-8,11-16,21H,2-4,9-10H2,1H3,(H2,25,26,27,29)/t15-/m0/s1. The van der Waals surface area contributed by atoms with Crippen molar-refractivity contribution in [1.82, 2.24) is 10.6 Å². The van der Waals surface area contributed by atoms with Crippen LogP contribution in [0.4, 0.5) is 4.79 Å². The number of amides is 3. The molecule has 2 aromatic carbocycles. The van der Waals surface area contributed by atoms with Gasteiger partial charge in [-0.25, -0.2) is 4.79 Å². The number of urea groups is 1. The quantitative estimate of drug-likeness (QED) is 0.726. The Morgan fingerprint density at radius 1 is 0.935 bits per heavy atom. The zero-order valence-electron chi connectivity index (χ0n) is 17.4. The van der Waals surface area contributed by atoms with Crippen molar-refractivity contribution < 1.29 is 23.9 Å². The molecule has 2 aliphatic rings. The minimum absolute atomic E-state index is 0.0784. The van der Waals surface area contributed by atoms with Crippen LogP contribution in [0.1, 0.15) is 56.1 Å². The first-order chi connectivity index (χ1) is 15.0. The fourth-order valence-electron chi connectivity index (χ4n) is 4.14. The zero-order chi connectivity index (χ0) is 21.8. The second kappa shape index (κ2) is 9.20. The van der Waals surface area contributed by atoms with E-state index in [1.165, 1.54) is 13.3 Å². The Kier molecular flexibility index (Phi) is 6.21. The van der Waals surface area contributed by atoms with Crippen LogP contribution in [0, 0.1) is 0 Å². The molecule has 1 heterocycles. The molecule has 0 unspecified atom stereocenters. The molecule has 7 nitrogen and oxygen atoms in total. The van der Waals surface area contributed by atoms with Gasteiger partial charge in [0.1, 0.15) is 17.4 Å². The molecule has 2 aromatic rings. The van der Waals surface area contributed by atoms with Crippen molar-refractivity contribution in [3.63, 3.8) is 0 Å². The van der Waals surface area contributed by atoms with Crippen molar-refractivity contribution in [2.24, 2.45) is 0 Å². The summed E-state index contributed by atoms with van der Waals surface area (Å²) in [5.74, 6) is -0.791. The SMILES string of the molecule is C[C@H](OC(=O)C1c2ccccc2Oc2ccccc21)C(=O)NC(=O)NC1CCCCC1. The summed E-state index contributed by atoms with van der Waals surface area (Å²) in [4.78, 5) is 37.7. The van der Waals surface area contributed by atoms with Crippen LogP contribution < -0.4 is 15.4 Å². The van der Waals surface area contributed by atoms with Gasteiger partial charge in [-0.3, -0.25) is 14.9 Å². The van der Waals surface area contributed by atoms with Crippen LogP contribution in [0.5, 0.6) is 11.5 Å². The Morgan fingerprint density at radius 2 is 1.52 bits per heavy atom. The zero-order valence-corrected chi connectivity index (χ0v) is 17.4. The number of imide groups is 1. The van der Waals surface area contributed by atoms with Crippen molar-refractivity contribution in [1.29, 1.82) is 0 Å². The number of hydrogen-bond acceptors (Lipinski definition) is 5. The number of fused-ring (bicyclic) bond motifs is 2. The van der Waals surface area contributed by atoms with Gasteiger partial charge in [0, 0.05) is 17.2 Å². The van der Waals surface area contributed by atoms with E-state index in [-0.39, 0.29) is 6.04 Å². The van der Waals surface area contributed by atoms with E-state index in [4.69, 9.17) is 9.47 Å². The molecule has 31 heavy (non-hydrogen) atoms. The van der Waals surface area contributed by atoms with Gasteiger partial charge in [-0.05, 0) is 31.9 Å². The highest BCUT2D eigenvalue weighted by molar-refractivity contribution is 5.97. The topological polar surface area (TPSA) is 93.7 Å². The minimum atomic E-state index is -1.12. The summed E-state index contributed by atoms with van der Waals surface area (Å²) < 4.78 is 11.4. The van der Waals surface area contributed by atoms with Crippen LogP contribution in [0.2, 0.25) is 0 Å². The van der Waals surface area contributed by atoms with Crippen molar-refractivity contribution in [2.75, 3.05) is 0 Å². The Morgan fingerprint density at radius 3 is 2.13 bits per heavy atom. The van der Waals surface area contributed by atoms with Gasteiger partial charge in [0.2, 0.25) is 0 Å². The fraction of sp³-hybridized carbons (Fsp3) is 0.375. The van der Waals surface area contributed by atoms with Crippen LogP contribution in [-0.2, 0) is 14.3 Å². The number of carbonyl (C=O) groups is 3. The molecule has 0 aromatic heterocycles. The Hall–Kier alpha value is -3.35. The summed E-state index contributed by atoms with van der Waals surface area (Å²) in [5, 5.41) is 5.10. The van der Waals surface area contributed by atoms with Crippen LogP contribution in [0.15, 0.2) is 48.5 Å². The fourth-order valence-corrected chi connectivity index (χ4v) is 4.14. The van der Waals surface area contributed by atoms with Gasteiger partial charge in [-0.1, -0.05) is 55.7 Å². The molecule has 3 amide bonds. The summed E-state index contributed by atoms with van der Waals surface area (Å²) >= 11 is 0. The van der Waals surface area contributed by atoms with Gasteiger partial charge in [0.15, 0.2) is 6.10 Å². The molecule has 1 aliphatic heterocycles. The van der Waals surface area contributed by atoms with E-state index in [1.54, 1.807) is 24.3 Å². The average molecular weight is 422 g/mol. The molecule has 0 radical (unpaired) electrons. The third kappa shape index (κ3) is 4.71. The molecule has 0 spiro atoms. The van der Waals surface area contributed by atoms with E-state index in [0.717, 1.165) is 25.7 Å². The van der Waals surface area contributed by atoms with E-state index in [0.29, 0.717) is 22.6 Å². The van der Waals surface area contributed by atoms with Gasteiger partial charge >= 0.3 is 12.0 Å². The first-order valence-corrected chi connectivity index (χ1v) is 10.7. The molecular weight excluding hydrogens is 396 g/mol. The Labute approximate surface area is 181 Å². The van der Waals surface area contributed by atoms with Crippen molar-refractivity contribution in [3.05, 3.63) is 59.7 Å². The van der Waals surface area contributed by atoms with Gasteiger partial charge in [-0.15, -0.1) is 0 Å². The smallest absolute Gasteiger partial charge is 0.321 e. The summed E-state index contributed by atoms with van der Waals surface area (Å²) in [6, 6.07) is 14.0. The largest absolute Gasteiger partial charge is 0.457 e. The van der Waals surface area contributed by atoms with Gasteiger partial charge in [-0.2, -0.15) is 0 Å². The number of rotatable bonds is 4. The van der Waals surface area contributed by atoms with E-state index >= 15 is 0 Å². The van der Waals surface area contributed by atoms with Crippen molar-refractivity contribution in [2.45, 2.75) is 57.1 Å². The van der Waals surface area contributed by atoms with Gasteiger partial charge in [0.25, 0.3) is 5.91 Å². The molecule has 162 valence electrons. The average Bonchev–Trinajstić information content (AvgIpc) is 2.77. The van der Waals surface area contributed by atoms with Crippen LogP contribution in [0.3, 0.4) is 0 Å². The van der Waals surface area contributed by atoms with Crippen LogP contribution in [-0.4, -0.2) is 30.1 Å². The maximum absolute atomic E-state index is 13.1. The highest BCUT2D eigenvalue weighted by Crippen LogP contribution is 2.44. The highest BCUT2D eigenvalue weighted by atomic mass is 16.5. The molecule has 7 heteroatoms. The lowest BCUT2D eigenvalue weighted by molar-refractivity contribution is -0.155. The molecule has 1 saturated carbocycles. The summed E-state index contributed by atoms with van der Waals surface area (Å²) in [7, 11) is 0. The van der Waals surface area contributed by atoms with Crippen molar-refractivity contribution in [3.8, 4) is 11.5 Å². The molecule has 0 saturated heterocycles.